The number of hydrogen-bond donors (Lipinski definition) is 1. The molecular formula is C19H19F3N2O3. The summed E-state index contributed by atoms with van der Waals surface area (Å²) in [6.07, 6.45) is -1.94. The van der Waals surface area contributed by atoms with Crippen LogP contribution in [-0.2, 0) is 7.05 Å². The van der Waals surface area contributed by atoms with Crippen LogP contribution >= 0.6 is 0 Å². The highest BCUT2D eigenvalue weighted by molar-refractivity contribution is 5.80. The number of benzene rings is 2. The predicted octanol–water partition coefficient (Wildman–Crippen LogP) is 4.07. The summed E-state index contributed by atoms with van der Waals surface area (Å²) in [4.78, 5) is 11.4. The van der Waals surface area contributed by atoms with E-state index in [0.717, 1.165) is 5.56 Å². The molecule has 1 N–H and O–H groups in total. The molecule has 8 heteroatoms. The lowest BCUT2D eigenvalue weighted by Gasteiger charge is -2.09. The van der Waals surface area contributed by atoms with E-state index in [9.17, 15) is 18.0 Å². The standard InChI is InChI=1S/C15H10F3NO3.C4H9N/c1-19-12-8-10(4-7-13(12)21-14(19)20)9-2-5-11(6-3-9)22-15(16,17)18;1-2-4-5-3-1/h2-8H,1H3;5H,1-4H2. The lowest BCUT2D eigenvalue weighted by molar-refractivity contribution is -0.274. The van der Waals surface area contributed by atoms with Gasteiger partial charge in [0.25, 0.3) is 0 Å². The van der Waals surface area contributed by atoms with Crippen molar-refractivity contribution in [2.45, 2.75) is 19.2 Å². The third kappa shape index (κ3) is 4.91. The van der Waals surface area contributed by atoms with Crippen LogP contribution < -0.4 is 15.8 Å². The zero-order valence-electron chi connectivity index (χ0n) is 14.7. The largest absolute Gasteiger partial charge is 0.573 e. The predicted molar refractivity (Wildman–Crippen MR) is 95.7 cm³/mol. The molecule has 0 bridgehead atoms. The van der Waals surface area contributed by atoms with E-state index < -0.39 is 12.1 Å². The first-order valence-electron chi connectivity index (χ1n) is 8.50. The number of nitrogens with zero attached hydrogens (tertiary/aromatic N) is 1. The van der Waals surface area contributed by atoms with Crippen LogP contribution in [0.3, 0.4) is 0 Å². The summed E-state index contributed by atoms with van der Waals surface area (Å²) < 4.78 is 46.6. The molecule has 0 unspecified atom stereocenters. The van der Waals surface area contributed by atoms with Crippen LogP contribution in [0.1, 0.15) is 12.8 Å². The monoisotopic (exact) mass is 380 g/mol. The Kier molecular flexibility index (Phi) is 5.55. The lowest BCUT2D eigenvalue weighted by atomic mass is 10.1. The molecule has 0 atom stereocenters. The number of ether oxygens (including phenoxy) is 1. The van der Waals surface area contributed by atoms with E-state index in [-0.39, 0.29) is 5.75 Å². The molecule has 0 amide bonds. The zero-order valence-corrected chi connectivity index (χ0v) is 14.7. The minimum absolute atomic E-state index is 0.284. The third-order valence-electron chi connectivity index (χ3n) is 4.17. The molecule has 0 aliphatic carbocycles. The van der Waals surface area contributed by atoms with Crippen molar-refractivity contribution in [2.24, 2.45) is 7.05 Å². The van der Waals surface area contributed by atoms with Crippen LogP contribution in [0.25, 0.3) is 22.2 Å². The number of nitrogens with one attached hydrogen (secondary N) is 1. The second kappa shape index (κ2) is 7.87. The van der Waals surface area contributed by atoms with Gasteiger partial charge in [-0.3, -0.25) is 4.57 Å². The zero-order chi connectivity index (χ0) is 19.4. The molecule has 1 aromatic heterocycles. The Labute approximate surface area is 153 Å². The fourth-order valence-corrected chi connectivity index (χ4v) is 2.78. The van der Waals surface area contributed by atoms with Gasteiger partial charge in [0.15, 0.2) is 5.58 Å². The van der Waals surface area contributed by atoms with Crippen LogP contribution in [0.2, 0.25) is 0 Å². The molecular weight excluding hydrogens is 361 g/mol. The summed E-state index contributed by atoms with van der Waals surface area (Å²) in [6, 6.07) is 10.6. The van der Waals surface area contributed by atoms with Gasteiger partial charge in [0, 0.05) is 7.05 Å². The number of oxazole rings is 1. The Morgan fingerprint density at radius 3 is 2.22 bits per heavy atom. The molecule has 0 radical (unpaired) electrons. The number of rotatable bonds is 2. The molecule has 1 aliphatic heterocycles. The summed E-state index contributed by atoms with van der Waals surface area (Å²) in [7, 11) is 1.58. The number of aryl methyl sites for hydroxylation is 1. The molecule has 0 spiro atoms. The van der Waals surface area contributed by atoms with Gasteiger partial charge < -0.3 is 14.5 Å². The molecule has 144 valence electrons. The SMILES string of the molecule is C1CCNC1.Cn1c(=O)oc2ccc(-c3ccc(OC(F)(F)F)cc3)cc21. The molecule has 2 aromatic carbocycles. The van der Waals surface area contributed by atoms with Crippen molar-refractivity contribution in [1.82, 2.24) is 9.88 Å². The minimum Gasteiger partial charge on any atom is -0.408 e. The number of fused-ring (bicyclic) bond motifs is 1. The second-order valence-electron chi connectivity index (χ2n) is 6.14. The number of hydrogen-bond acceptors (Lipinski definition) is 4. The van der Waals surface area contributed by atoms with Gasteiger partial charge in [0.1, 0.15) is 5.75 Å². The van der Waals surface area contributed by atoms with Crippen LogP contribution in [0, 0.1) is 0 Å². The molecule has 27 heavy (non-hydrogen) atoms. The minimum atomic E-state index is -4.71. The van der Waals surface area contributed by atoms with Gasteiger partial charge in [-0.15, -0.1) is 13.2 Å². The number of aromatic nitrogens is 1. The molecule has 5 nitrogen and oxygen atoms in total. The van der Waals surface area contributed by atoms with E-state index in [1.165, 1.54) is 54.8 Å². The Bertz CT molecular complexity index is 947. The topological polar surface area (TPSA) is 56.4 Å². The summed E-state index contributed by atoms with van der Waals surface area (Å²) >= 11 is 0. The van der Waals surface area contributed by atoms with Crippen molar-refractivity contribution < 1.29 is 22.3 Å². The highest BCUT2D eigenvalue weighted by Gasteiger charge is 2.30. The highest BCUT2D eigenvalue weighted by atomic mass is 19.4. The van der Waals surface area contributed by atoms with E-state index in [0.29, 0.717) is 16.7 Å². The molecule has 3 aromatic rings. The maximum atomic E-state index is 12.1. The maximum Gasteiger partial charge on any atom is 0.573 e. The summed E-state index contributed by atoms with van der Waals surface area (Å²) in [6.45, 7) is 2.50. The summed E-state index contributed by atoms with van der Waals surface area (Å²) in [5, 5.41) is 3.22. The normalized spacial score (nSPS) is 14.1. The fourth-order valence-electron chi connectivity index (χ4n) is 2.78. The van der Waals surface area contributed by atoms with Crippen molar-refractivity contribution >= 4 is 11.1 Å². The van der Waals surface area contributed by atoms with Gasteiger partial charge in [0.2, 0.25) is 0 Å². The van der Waals surface area contributed by atoms with E-state index in [2.05, 4.69) is 10.1 Å². The second-order valence-corrected chi connectivity index (χ2v) is 6.14. The van der Waals surface area contributed by atoms with Crippen molar-refractivity contribution in [3.05, 3.63) is 53.0 Å². The molecule has 1 saturated heterocycles. The summed E-state index contributed by atoms with van der Waals surface area (Å²) in [5.74, 6) is -0.755. The van der Waals surface area contributed by atoms with Gasteiger partial charge in [-0.2, -0.15) is 0 Å². The Morgan fingerprint density at radius 2 is 1.67 bits per heavy atom. The first-order valence-corrected chi connectivity index (χ1v) is 8.50. The lowest BCUT2D eigenvalue weighted by Crippen LogP contribution is -2.16. The van der Waals surface area contributed by atoms with Crippen molar-refractivity contribution in [3.63, 3.8) is 0 Å². The summed E-state index contributed by atoms with van der Waals surface area (Å²) in [5.41, 5.74) is 2.51. The van der Waals surface area contributed by atoms with E-state index in [1.54, 1.807) is 25.2 Å². The fraction of sp³-hybridized carbons (Fsp3) is 0.316. The first-order chi connectivity index (χ1) is 12.8. The highest BCUT2D eigenvalue weighted by Crippen LogP contribution is 2.28. The molecule has 0 saturated carbocycles. The van der Waals surface area contributed by atoms with Gasteiger partial charge >= 0.3 is 12.1 Å². The third-order valence-corrected chi connectivity index (χ3v) is 4.17. The van der Waals surface area contributed by atoms with Gasteiger partial charge in [-0.1, -0.05) is 18.2 Å². The Hall–Kier alpha value is -2.74. The van der Waals surface area contributed by atoms with E-state index >= 15 is 0 Å². The van der Waals surface area contributed by atoms with Crippen LogP contribution in [-0.4, -0.2) is 24.0 Å². The Morgan fingerprint density at radius 1 is 1.04 bits per heavy atom. The number of alkyl halides is 3. The maximum absolute atomic E-state index is 12.1. The quantitative estimate of drug-likeness (QED) is 0.728. The van der Waals surface area contributed by atoms with Crippen LogP contribution in [0.5, 0.6) is 5.75 Å². The van der Waals surface area contributed by atoms with E-state index in [1.807, 2.05) is 0 Å². The average Bonchev–Trinajstić information content (AvgIpc) is 3.28. The Balaban J connectivity index is 0.000000364. The smallest absolute Gasteiger partial charge is 0.408 e. The van der Waals surface area contributed by atoms with Gasteiger partial charge in [-0.05, 0) is 61.3 Å². The molecule has 2 heterocycles. The van der Waals surface area contributed by atoms with Crippen molar-refractivity contribution in [2.75, 3.05) is 13.1 Å². The first kappa shape index (κ1) is 19.0. The van der Waals surface area contributed by atoms with Crippen LogP contribution in [0.4, 0.5) is 13.2 Å². The van der Waals surface area contributed by atoms with Gasteiger partial charge in [-0.25, -0.2) is 4.79 Å². The number of halogens is 3. The van der Waals surface area contributed by atoms with Gasteiger partial charge in [0.05, 0.1) is 5.52 Å². The van der Waals surface area contributed by atoms with Crippen molar-refractivity contribution in [3.8, 4) is 16.9 Å². The molecule has 1 aliphatic rings. The van der Waals surface area contributed by atoms with E-state index in [4.69, 9.17) is 4.42 Å². The molecule has 1 fully saturated rings. The van der Waals surface area contributed by atoms with Crippen LogP contribution in [0.15, 0.2) is 51.7 Å². The molecule has 4 rings (SSSR count). The average molecular weight is 380 g/mol. The van der Waals surface area contributed by atoms with Crippen molar-refractivity contribution in [1.29, 1.82) is 0 Å².